The first kappa shape index (κ1) is 12.6. The quantitative estimate of drug-likeness (QED) is 0.878. The second-order valence-corrected chi connectivity index (χ2v) is 4.29. The molecule has 1 aromatic heterocycles. The molecule has 4 nitrogen and oxygen atoms in total. The standard InChI is InChI=1S/C14H18N2O2/c1-11(17)12-3-5-14(6-4-12)18-10-8-13-7-9-15-16(13)2/h3-7,9,11,17H,8,10H2,1-2H3/t11-/m1/s1. The van der Waals surface area contributed by atoms with Crippen molar-refractivity contribution in [3.05, 3.63) is 47.8 Å². The summed E-state index contributed by atoms with van der Waals surface area (Å²) in [5, 5.41) is 13.5. The minimum Gasteiger partial charge on any atom is -0.493 e. The van der Waals surface area contributed by atoms with Gasteiger partial charge in [-0.3, -0.25) is 4.68 Å². The van der Waals surface area contributed by atoms with E-state index in [0.717, 1.165) is 23.4 Å². The first-order chi connectivity index (χ1) is 8.66. The second-order valence-electron chi connectivity index (χ2n) is 4.29. The van der Waals surface area contributed by atoms with Crippen LogP contribution in [0.3, 0.4) is 0 Å². The molecule has 1 heterocycles. The molecule has 0 fully saturated rings. The van der Waals surface area contributed by atoms with E-state index in [-0.39, 0.29) is 0 Å². The number of rotatable bonds is 5. The number of aliphatic hydroxyl groups is 1. The van der Waals surface area contributed by atoms with Gasteiger partial charge in [-0.1, -0.05) is 12.1 Å². The molecule has 4 heteroatoms. The zero-order valence-electron chi connectivity index (χ0n) is 10.7. The Bertz CT molecular complexity index is 489. The third-order valence-corrected chi connectivity index (χ3v) is 2.91. The number of aliphatic hydroxyl groups excluding tert-OH is 1. The van der Waals surface area contributed by atoms with Crippen LogP contribution in [0.15, 0.2) is 36.5 Å². The molecule has 1 N–H and O–H groups in total. The van der Waals surface area contributed by atoms with Crippen molar-refractivity contribution in [3.8, 4) is 5.75 Å². The molecule has 96 valence electrons. The van der Waals surface area contributed by atoms with Gasteiger partial charge < -0.3 is 9.84 Å². The molecule has 0 aliphatic carbocycles. The van der Waals surface area contributed by atoms with Gasteiger partial charge in [0.1, 0.15) is 5.75 Å². The summed E-state index contributed by atoms with van der Waals surface area (Å²) in [6.45, 7) is 2.37. The van der Waals surface area contributed by atoms with E-state index in [1.807, 2.05) is 42.1 Å². The van der Waals surface area contributed by atoms with Gasteiger partial charge in [0.05, 0.1) is 12.7 Å². The lowest BCUT2D eigenvalue weighted by atomic mass is 10.1. The van der Waals surface area contributed by atoms with E-state index < -0.39 is 6.10 Å². The molecule has 0 saturated heterocycles. The summed E-state index contributed by atoms with van der Waals surface area (Å²) in [6.07, 6.45) is 2.18. The maximum absolute atomic E-state index is 9.40. The van der Waals surface area contributed by atoms with Crippen molar-refractivity contribution in [2.45, 2.75) is 19.4 Å². The molecule has 2 rings (SSSR count). The average molecular weight is 246 g/mol. The monoisotopic (exact) mass is 246 g/mol. The number of aryl methyl sites for hydroxylation is 1. The van der Waals surface area contributed by atoms with E-state index in [4.69, 9.17) is 4.74 Å². The van der Waals surface area contributed by atoms with E-state index >= 15 is 0 Å². The zero-order valence-corrected chi connectivity index (χ0v) is 10.7. The van der Waals surface area contributed by atoms with Crippen LogP contribution >= 0.6 is 0 Å². The van der Waals surface area contributed by atoms with Crippen LogP contribution < -0.4 is 4.74 Å². The van der Waals surface area contributed by atoms with Gasteiger partial charge in [0.15, 0.2) is 0 Å². The maximum Gasteiger partial charge on any atom is 0.119 e. The lowest BCUT2D eigenvalue weighted by molar-refractivity contribution is 0.199. The minimum absolute atomic E-state index is 0.437. The zero-order chi connectivity index (χ0) is 13.0. The fourth-order valence-corrected chi connectivity index (χ4v) is 1.76. The highest BCUT2D eigenvalue weighted by atomic mass is 16.5. The number of nitrogens with zero attached hydrogens (tertiary/aromatic N) is 2. The summed E-state index contributed by atoms with van der Waals surface area (Å²) in [4.78, 5) is 0. The van der Waals surface area contributed by atoms with Crippen LogP contribution in [-0.4, -0.2) is 21.5 Å². The predicted molar refractivity (Wildman–Crippen MR) is 69.5 cm³/mol. The van der Waals surface area contributed by atoms with Crippen molar-refractivity contribution in [1.29, 1.82) is 0 Å². The van der Waals surface area contributed by atoms with Crippen LogP contribution in [0.2, 0.25) is 0 Å². The van der Waals surface area contributed by atoms with Gasteiger partial charge >= 0.3 is 0 Å². The van der Waals surface area contributed by atoms with Crippen molar-refractivity contribution in [3.63, 3.8) is 0 Å². The highest BCUT2D eigenvalue weighted by molar-refractivity contribution is 5.28. The molecule has 18 heavy (non-hydrogen) atoms. The fourth-order valence-electron chi connectivity index (χ4n) is 1.76. The van der Waals surface area contributed by atoms with Crippen molar-refractivity contribution in [2.24, 2.45) is 7.05 Å². The molecule has 0 spiro atoms. The summed E-state index contributed by atoms with van der Waals surface area (Å²) < 4.78 is 7.49. The van der Waals surface area contributed by atoms with Crippen LogP contribution in [0.1, 0.15) is 24.3 Å². The van der Waals surface area contributed by atoms with E-state index in [0.29, 0.717) is 6.61 Å². The Balaban J connectivity index is 1.85. The lowest BCUT2D eigenvalue weighted by Gasteiger charge is -2.08. The van der Waals surface area contributed by atoms with Gasteiger partial charge in [-0.2, -0.15) is 5.10 Å². The summed E-state index contributed by atoms with van der Waals surface area (Å²) in [7, 11) is 1.92. The molecule has 1 atom stereocenters. The van der Waals surface area contributed by atoms with Gasteiger partial charge in [-0.05, 0) is 30.7 Å². The van der Waals surface area contributed by atoms with Crippen molar-refractivity contribution in [2.75, 3.05) is 6.61 Å². The number of benzene rings is 1. The summed E-state index contributed by atoms with van der Waals surface area (Å²) in [5.41, 5.74) is 2.05. The Morgan fingerprint density at radius 1 is 1.28 bits per heavy atom. The predicted octanol–water partition coefficient (Wildman–Crippen LogP) is 2.09. The minimum atomic E-state index is -0.437. The van der Waals surface area contributed by atoms with E-state index in [1.54, 1.807) is 13.1 Å². The van der Waals surface area contributed by atoms with E-state index in [9.17, 15) is 5.11 Å². The van der Waals surface area contributed by atoms with Crippen molar-refractivity contribution >= 4 is 0 Å². The van der Waals surface area contributed by atoms with Crippen LogP contribution in [-0.2, 0) is 13.5 Å². The number of aromatic nitrogens is 2. The first-order valence-corrected chi connectivity index (χ1v) is 6.04. The summed E-state index contributed by atoms with van der Waals surface area (Å²) in [6, 6.07) is 9.50. The maximum atomic E-state index is 9.40. The van der Waals surface area contributed by atoms with Gasteiger partial charge in [-0.15, -0.1) is 0 Å². The lowest BCUT2D eigenvalue weighted by Crippen LogP contribution is -2.06. The highest BCUT2D eigenvalue weighted by Crippen LogP contribution is 2.17. The molecule has 0 aliphatic heterocycles. The molecule has 0 bridgehead atoms. The Hall–Kier alpha value is -1.81. The largest absolute Gasteiger partial charge is 0.493 e. The van der Waals surface area contributed by atoms with Crippen LogP contribution in [0, 0.1) is 0 Å². The Kier molecular flexibility index (Phi) is 3.99. The third kappa shape index (κ3) is 3.11. The molecule has 0 aliphatic rings. The van der Waals surface area contributed by atoms with Crippen LogP contribution in [0.4, 0.5) is 0 Å². The van der Waals surface area contributed by atoms with Crippen LogP contribution in [0.5, 0.6) is 5.75 Å². The Morgan fingerprint density at radius 2 is 2.00 bits per heavy atom. The molecule has 1 aromatic carbocycles. The normalized spacial score (nSPS) is 12.4. The third-order valence-electron chi connectivity index (χ3n) is 2.91. The van der Waals surface area contributed by atoms with E-state index in [1.165, 1.54) is 0 Å². The molecule has 0 amide bonds. The van der Waals surface area contributed by atoms with E-state index in [2.05, 4.69) is 5.10 Å². The van der Waals surface area contributed by atoms with Gasteiger partial charge in [0, 0.05) is 25.4 Å². The van der Waals surface area contributed by atoms with Gasteiger partial charge in [0.2, 0.25) is 0 Å². The molecular formula is C14H18N2O2. The number of hydrogen-bond acceptors (Lipinski definition) is 3. The number of hydrogen-bond donors (Lipinski definition) is 1. The molecule has 0 unspecified atom stereocenters. The summed E-state index contributed by atoms with van der Waals surface area (Å²) in [5.74, 6) is 0.821. The van der Waals surface area contributed by atoms with Crippen molar-refractivity contribution < 1.29 is 9.84 Å². The average Bonchev–Trinajstić information content (AvgIpc) is 2.76. The van der Waals surface area contributed by atoms with Gasteiger partial charge in [-0.25, -0.2) is 0 Å². The first-order valence-electron chi connectivity index (χ1n) is 6.04. The fraction of sp³-hybridized carbons (Fsp3) is 0.357. The second kappa shape index (κ2) is 5.69. The van der Waals surface area contributed by atoms with Crippen LogP contribution in [0.25, 0.3) is 0 Å². The number of ether oxygens (including phenoxy) is 1. The molecule has 0 saturated carbocycles. The molecule has 0 radical (unpaired) electrons. The Morgan fingerprint density at radius 3 is 2.56 bits per heavy atom. The topological polar surface area (TPSA) is 47.3 Å². The van der Waals surface area contributed by atoms with Gasteiger partial charge in [0.25, 0.3) is 0 Å². The van der Waals surface area contributed by atoms with Crippen molar-refractivity contribution in [1.82, 2.24) is 9.78 Å². The smallest absolute Gasteiger partial charge is 0.119 e. The molecule has 2 aromatic rings. The highest BCUT2D eigenvalue weighted by Gasteiger charge is 2.02. The molecular weight excluding hydrogens is 228 g/mol. The Labute approximate surface area is 107 Å². The SMILES string of the molecule is C[C@@H](O)c1ccc(OCCc2ccnn2C)cc1. The summed E-state index contributed by atoms with van der Waals surface area (Å²) >= 11 is 0.